The smallest absolute Gasteiger partial charge is 0.157 e. The van der Waals surface area contributed by atoms with Crippen LogP contribution in [0.15, 0.2) is 11.8 Å². The van der Waals surface area contributed by atoms with Crippen LogP contribution >= 0.6 is 0 Å². The number of nitrogens with zero attached hydrogens (tertiary/aromatic N) is 1. The third-order valence-corrected chi connectivity index (χ3v) is 3.23. The monoisotopic (exact) mass is 195 g/mol. The zero-order valence-electron chi connectivity index (χ0n) is 8.41. The number of aliphatic hydroxyl groups excluding tert-OH is 1. The van der Waals surface area contributed by atoms with E-state index in [1.165, 1.54) is 5.70 Å². The lowest BCUT2D eigenvalue weighted by atomic mass is 9.97. The molecule has 1 aliphatic heterocycles. The molecule has 0 aromatic rings. The summed E-state index contributed by atoms with van der Waals surface area (Å²) in [5.74, 6) is 0.744. The molecule has 1 N–H and O–H groups in total. The van der Waals surface area contributed by atoms with Crippen LogP contribution in [-0.4, -0.2) is 35.5 Å². The van der Waals surface area contributed by atoms with Crippen molar-refractivity contribution in [3.05, 3.63) is 11.8 Å². The summed E-state index contributed by atoms with van der Waals surface area (Å²) in [6, 6.07) is 0. The normalized spacial score (nSPS) is 24.2. The first-order valence-electron chi connectivity index (χ1n) is 5.39. The van der Waals surface area contributed by atoms with Gasteiger partial charge in [0.1, 0.15) is 0 Å². The lowest BCUT2D eigenvalue weighted by Crippen LogP contribution is -2.33. The van der Waals surface area contributed by atoms with Crippen molar-refractivity contribution in [2.45, 2.75) is 25.7 Å². The van der Waals surface area contributed by atoms with Gasteiger partial charge in [-0.2, -0.15) is 0 Å². The standard InChI is InChI=1S/C11H17NO2/c13-8-9-3-5-12(6-4-9)10-1-2-11(14)7-10/h7,9,13H,1-6,8H2. The van der Waals surface area contributed by atoms with Crippen LogP contribution in [0.1, 0.15) is 25.7 Å². The number of carbonyl (C=O) groups excluding carboxylic acids is 1. The molecule has 0 radical (unpaired) electrons. The van der Waals surface area contributed by atoms with Gasteiger partial charge in [0.2, 0.25) is 0 Å². The minimum Gasteiger partial charge on any atom is -0.396 e. The van der Waals surface area contributed by atoms with Crippen LogP contribution in [-0.2, 0) is 4.79 Å². The number of hydrogen-bond acceptors (Lipinski definition) is 3. The van der Waals surface area contributed by atoms with Crippen molar-refractivity contribution in [3.8, 4) is 0 Å². The van der Waals surface area contributed by atoms with Crippen molar-refractivity contribution in [1.82, 2.24) is 4.90 Å². The molecule has 1 saturated heterocycles. The second-order valence-electron chi connectivity index (χ2n) is 4.21. The molecule has 0 amide bonds. The fraction of sp³-hybridized carbons (Fsp3) is 0.727. The Morgan fingerprint density at radius 3 is 2.57 bits per heavy atom. The Hall–Kier alpha value is -0.830. The molecule has 0 aromatic carbocycles. The Bertz CT molecular complexity index is 252. The van der Waals surface area contributed by atoms with E-state index in [0.717, 1.165) is 32.4 Å². The van der Waals surface area contributed by atoms with Crippen molar-refractivity contribution >= 4 is 5.78 Å². The number of aliphatic hydroxyl groups is 1. The number of piperidine rings is 1. The summed E-state index contributed by atoms with van der Waals surface area (Å²) in [5.41, 5.74) is 1.21. The first kappa shape index (κ1) is 9.71. The van der Waals surface area contributed by atoms with E-state index in [1.807, 2.05) is 0 Å². The van der Waals surface area contributed by atoms with Crippen LogP contribution in [0.3, 0.4) is 0 Å². The molecule has 0 saturated carbocycles. The molecular weight excluding hydrogens is 178 g/mol. The Kier molecular flexibility index (Phi) is 2.87. The number of likely N-dealkylation sites (tertiary alicyclic amines) is 1. The number of allylic oxidation sites excluding steroid dienone is 2. The summed E-state index contributed by atoms with van der Waals surface area (Å²) >= 11 is 0. The molecule has 1 aliphatic carbocycles. The lowest BCUT2D eigenvalue weighted by molar-refractivity contribution is -0.114. The summed E-state index contributed by atoms with van der Waals surface area (Å²) in [5, 5.41) is 9.00. The maximum atomic E-state index is 11.1. The molecule has 3 nitrogen and oxygen atoms in total. The first-order valence-corrected chi connectivity index (χ1v) is 5.39. The molecule has 0 aromatic heterocycles. The van der Waals surface area contributed by atoms with E-state index < -0.39 is 0 Å². The van der Waals surface area contributed by atoms with Gasteiger partial charge in [-0.05, 0) is 25.2 Å². The molecule has 0 unspecified atom stereocenters. The van der Waals surface area contributed by atoms with Crippen LogP contribution in [0.25, 0.3) is 0 Å². The highest BCUT2D eigenvalue weighted by molar-refractivity contribution is 5.92. The third kappa shape index (κ3) is 1.98. The molecular formula is C11H17NO2. The van der Waals surface area contributed by atoms with Gasteiger partial charge in [-0.15, -0.1) is 0 Å². The first-order chi connectivity index (χ1) is 6.79. The van der Waals surface area contributed by atoms with Gasteiger partial charge in [0.05, 0.1) is 0 Å². The number of hydrogen-bond donors (Lipinski definition) is 1. The highest BCUT2D eigenvalue weighted by atomic mass is 16.3. The Morgan fingerprint density at radius 1 is 1.36 bits per heavy atom. The van der Waals surface area contributed by atoms with Gasteiger partial charge in [-0.3, -0.25) is 4.79 Å². The summed E-state index contributed by atoms with van der Waals surface area (Å²) in [7, 11) is 0. The van der Waals surface area contributed by atoms with Gasteiger partial charge in [-0.1, -0.05) is 0 Å². The van der Waals surface area contributed by atoms with Crippen molar-refractivity contribution in [3.63, 3.8) is 0 Å². The Labute approximate surface area is 84.4 Å². The molecule has 1 heterocycles. The minimum atomic E-state index is 0.268. The number of ketones is 1. The maximum absolute atomic E-state index is 11.1. The quantitative estimate of drug-likeness (QED) is 0.713. The zero-order valence-corrected chi connectivity index (χ0v) is 8.41. The SMILES string of the molecule is O=C1C=C(N2CCC(CO)CC2)CC1. The molecule has 2 aliphatic rings. The van der Waals surface area contributed by atoms with Crippen molar-refractivity contribution in [1.29, 1.82) is 0 Å². The second kappa shape index (κ2) is 4.13. The fourth-order valence-electron chi connectivity index (χ4n) is 2.23. The number of carbonyl (C=O) groups is 1. The van der Waals surface area contributed by atoms with E-state index in [2.05, 4.69) is 4.90 Å². The topological polar surface area (TPSA) is 40.5 Å². The van der Waals surface area contributed by atoms with E-state index in [4.69, 9.17) is 5.11 Å². The summed E-state index contributed by atoms with van der Waals surface area (Å²) in [6.45, 7) is 2.32. The number of rotatable bonds is 2. The van der Waals surface area contributed by atoms with Crippen molar-refractivity contribution in [2.24, 2.45) is 5.92 Å². The molecule has 3 heteroatoms. The van der Waals surface area contributed by atoms with Gasteiger partial charge >= 0.3 is 0 Å². The van der Waals surface area contributed by atoms with Crippen LogP contribution < -0.4 is 0 Å². The second-order valence-corrected chi connectivity index (χ2v) is 4.21. The highest BCUT2D eigenvalue weighted by Crippen LogP contribution is 2.25. The molecule has 0 atom stereocenters. The molecule has 2 rings (SSSR count). The Balaban J connectivity index is 1.89. The maximum Gasteiger partial charge on any atom is 0.157 e. The average molecular weight is 195 g/mol. The largest absolute Gasteiger partial charge is 0.396 e. The van der Waals surface area contributed by atoms with Gasteiger partial charge < -0.3 is 10.0 Å². The van der Waals surface area contributed by atoms with E-state index in [-0.39, 0.29) is 5.78 Å². The lowest BCUT2D eigenvalue weighted by Gasteiger charge is -2.33. The van der Waals surface area contributed by atoms with Gasteiger partial charge in [0, 0.05) is 37.9 Å². The summed E-state index contributed by atoms with van der Waals surface area (Å²) < 4.78 is 0. The predicted octanol–water partition coefficient (Wildman–Crippen LogP) is 0.938. The zero-order chi connectivity index (χ0) is 9.97. The van der Waals surface area contributed by atoms with E-state index in [9.17, 15) is 4.79 Å². The molecule has 14 heavy (non-hydrogen) atoms. The van der Waals surface area contributed by atoms with Gasteiger partial charge in [0.25, 0.3) is 0 Å². The van der Waals surface area contributed by atoms with Crippen LogP contribution in [0.2, 0.25) is 0 Å². The Morgan fingerprint density at radius 2 is 2.07 bits per heavy atom. The molecule has 1 fully saturated rings. The van der Waals surface area contributed by atoms with Crippen molar-refractivity contribution < 1.29 is 9.90 Å². The third-order valence-electron chi connectivity index (χ3n) is 3.23. The fourth-order valence-corrected chi connectivity index (χ4v) is 2.23. The highest BCUT2D eigenvalue weighted by Gasteiger charge is 2.23. The predicted molar refractivity (Wildman–Crippen MR) is 53.7 cm³/mol. The molecule has 0 bridgehead atoms. The van der Waals surface area contributed by atoms with E-state index in [0.29, 0.717) is 18.9 Å². The summed E-state index contributed by atoms with van der Waals surface area (Å²) in [6.07, 6.45) is 5.52. The summed E-state index contributed by atoms with van der Waals surface area (Å²) in [4.78, 5) is 13.4. The van der Waals surface area contributed by atoms with Gasteiger partial charge in [0.15, 0.2) is 5.78 Å². The van der Waals surface area contributed by atoms with Crippen LogP contribution in [0.4, 0.5) is 0 Å². The van der Waals surface area contributed by atoms with E-state index in [1.54, 1.807) is 6.08 Å². The minimum absolute atomic E-state index is 0.268. The van der Waals surface area contributed by atoms with Crippen LogP contribution in [0.5, 0.6) is 0 Å². The molecule has 0 spiro atoms. The van der Waals surface area contributed by atoms with Crippen LogP contribution in [0, 0.1) is 5.92 Å². The van der Waals surface area contributed by atoms with Gasteiger partial charge in [-0.25, -0.2) is 0 Å². The average Bonchev–Trinajstić information content (AvgIpc) is 2.65. The van der Waals surface area contributed by atoms with Crippen molar-refractivity contribution in [2.75, 3.05) is 19.7 Å². The van der Waals surface area contributed by atoms with E-state index >= 15 is 0 Å². The molecule has 78 valence electrons.